The molecule has 0 bridgehead atoms. The van der Waals surface area contributed by atoms with E-state index >= 15 is 0 Å². The number of aryl methyl sites for hydroxylation is 2. The lowest BCUT2D eigenvalue weighted by atomic mass is 9.88. The number of rotatable bonds is 6. The van der Waals surface area contributed by atoms with Gasteiger partial charge in [0.05, 0.1) is 18.8 Å². The lowest BCUT2D eigenvalue weighted by molar-refractivity contribution is -0.0900. The normalized spacial score (nSPS) is 22.9. The van der Waals surface area contributed by atoms with Gasteiger partial charge in [-0.2, -0.15) is 0 Å². The van der Waals surface area contributed by atoms with Crippen molar-refractivity contribution in [2.45, 2.75) is 66.1 Å². The maximum absolute atomic E-state index is 9.55. The van der Waals surface area contributed by atoms with E-state index in [1.807, 2.05) is 0 Å². The van der Waals surface area contributed by atoms with E-state index in [0.29, 0.717) is 5.92 Å². The van der Waals surface area contributed by atoms with Gasteiger partial charge in [0.15, 0.2) is 0 Å². The molecule has 0 spiro atoms. The minimum atomic E-state index is -0.0416. The van der Waals surface area contributed by atoms with Crippen LogP contribution in [0, 0.1) is 19.8 Å². The Labute approximate surface area is 182 Å². The highest BCUT2D eigenvalue weighted by molar-refractivity contribution is 5.65. The summed E-state index contributed by atoms with van der Waals surface area (Å²) in [4.78, 5) is 0. The van der Waals surface area contributed by atoms with Gasteiger partial charge in [-0.05, 0) is 80.7 Å². The molecule has 1 aliphatic heterocycles. The fourth-order valence-electron chi connectivity index (χ4n) is 4.21. The van der Waals surface area contributed by atoms with Crippen molar-refractivity contribution < 1.29 is 9.84 Å². The first-order valence-electron chi connectivity index (χ1n) is 11.1. The molecule has 30 heavy (non-hydrogen) atoms. The van der Waals surface area contributed by atoms with E-state index in [9.17, 15) is 5.11 Å². The van der Waals surface area contributed by atoms with Crippen molar-refractivity contribution in [2.24, 2.45) is 5.92 Å². The third-order valence-electron chi connectivity index (χ3n) is 6.18. The Kier molecular flexibility index (Phi) is 7.69. The number of aliphatic hydroxyl groups is 1. The summed E-state index contributed by atoms with van der Waals surface area (Å²) >= 11 is 0. The fourth-order valence-corrected chi connectivity index (χ4v) is 4.21. The van der Waals surface area contributed by atoms with E-state index in [0.717, 1.165) is 19.3 Å². The van der Waals surface area contributed by atoms with Crippen molar-refractivity contribution in [1.29, 1.82) is 0 Å². The maximum atomic E-state index is 9.55. The molecule has 2 aromatic rings. The Bertz CT molecular complexity index is 905. The van der Waals surface area contributed by atoms with Crippen molar-refractivity contribution in [3.05, 3.63) is 88.0 Å². The molecule has 2 nitrogen and oxygen atoms in total. The van der Waals surface area contributed by atoms with Gasteiger partial charge in [-0.15, -0.1) is 0 Å². The van der Waals surface area contributed by atoms with Gasteiger partial charge in [-0.25, -0.2) is 0 Å². The van der Waals surface area contributed by atoms with Crippen molar-refractivity contribution in [3.63, 3.8) is 0 Å². The van der Waals surface area contributed by atoms with Gasteiger partial charge in [0, 0.05) is 0 Å². The predicted octanol–water partition coefficient (Wildman–Crippen LogP) is 6.74. The molecule has 0 radical (unpaired) electrons. The second-order valence-corrected chi connectivity index (χ2v) is 9.10. The number of hydrogen-bond acceptors (Lipinski definition) is 2. The topological polar surface area (TPSA) is 29.5 Å². The van der Waals surface area contributed by atoms with Crippen molar-refractivity contribution in [2.75, 3.05) is 6.61 Å². The van der Waals surface area contributed by atoms with Crippen LogP contribution in [0.15, 0.2) is 60.2 Å². The van der Waals surface area contributed by atoms with Crippen LogP contribution in [0.4, 0.5) is 0 Å². The summed E-state index contributed by atoms with van der Waals surface area (Å²) < 4.78 is 6.15. The Balaban J connectivity index is 1.74. The van der Waals surface area contributed by atoms with E-state index in [2.05, 4.69) is 89.2 Å². The van der Waals surface area contributed by atoms with Crippen LogP contribution in [-0.4, -0.2) is 17.8 Å². The lowest BCUT2D eigenvalue weighted by Gasteiger charge is -2.33. The number of benzene rings is 2. The SMILES string of the molecule is C/C(=C\C=C(/C)c1ccc(C)cc1)Cc1cc(C2CC(C)CC(CO)O2)ccc1C. The molecule has 3 unspecified atom stereocenters. The van der Waals surface area contributed by atoms with Gasteiger partial charge in [-0.3, -0.25) is 0 Å². The molecule has 0 amide bonds. The van der Waals surface area contributed by atoms with E-state index in [4.69, 9.17) is 4.74 Å². The van der Waals surface area contributed by atoms with Gasteiger partial charge >= 0.3 is 0 Å². The van der Waals surface area contributed by atoms with Crippen LogP contribution in [0.3, 0.4) is 0 Å². The van der Waals surface area contributed by atoms with Crippen LogP contribution < -0.4 is 0 Å². The second-order valence-electron chi connectivity index (χ2n) is 9.10. The van der Waals surface area contributed by atoms with E-state index in [1.165, 1.54) is 39.0 Å². The highest BCUT2D eigenvalue weighted by Crippen LogP contribution is 2.35. The Morgan fingerprint density at radius 3 is 2.47 bits per heavy atom. The van der Waals surface area contributed by atoms with Gasteiger partial charge in [0.1, 0.15) is 0 Å². The summed E-state index contributed by atoms with van der Waals surface area (Å²) in [6.07, 6.45) is 7.40. The number of hydrogen-bond donors (Lipinski definition) is 1. The third-order valence-corrected chi connectivity index (χ3v) is 6.18. The zero-order chi connectivity index (χ0) is 21.7. The molecular weight excluding hydrogens is 368 g/mol. The summed E-state index contributed by atoms with van der Waals surface area (Å²) in [7, 11) is 0. The number of aliphatic hydroxyl groups excluding tert-OH is 1. The van der Waals surface area contributed by atoms with Gasteiger partial charge < -0.3 is 9.84 Å². The van der Waals surface area contributed by atoms with Crippen LogP contribution in [0.5, 0.6) is 0 Å². The van der Waals surface area contributed by atoms with Crippen molar-refractivity contribution >= 4 is 5.57 Å². The maximum Gasteiger partial charge on any atom is 0.0832 e. The summed E-state index contributed by atoms with van der Waals surface area (Å²) in [5, 5.41) is 9.55. The van der Waals surface area contributed by atoms with Crippen molar-refractivity contribution in [1.82, 2.24) is 0 Å². The van der Waals surface area contributed by atoms with E-state index < -0.39 is 0 Å². The van der Waals surface area contributed by atoms with E-state index in [1.54, 1.807) is 0 Å². The highest BCUT2D eigenvalue weighted by atomic mass is 16.5. The zero-order valence-corrected chi connectivity index (χ0v) is 19.1. The van der Waals surface area contributed by atoms with Crippen LogP contribution in [0.2, 0.25) is 0 Å². The molecule has 2 aromatic carbocycles. The Hall–Kier alpha value is -2.16. The smallest absolute Gasteiger partial charge is 0.0832 e. The van der Waals surface area contributed by atoms with Gasteiger partial charge in [0.25, 0.3) is 0 Å². The van der Waals surface area contributed by atoms with Gasteiger partial charge in [-0.1, -0.05) is 72.7 Å². The first-order chi connectivity index (χ1) is 14.4. The molecule has 1 fully saturated rings. The quantitative estimate of drug-likeness (QED) is 0.540. The molecule has 0 aromatic heterocycles. The highest BCUT2D eigenvalue weighted by Gasteiger charge is 2.27. The van der Waals surface area contributed by atoms with Crippen molar-refractivity contribution in [3.8, 4) is 0 Å². The minimum Gasteiger partial charge on any atom is -0.394 e. The first kappa shape index (κ1) is 22.5. The second kappa shape index (κ2) is 10.2. The largest absolute Gasteiger partial charge is 0.394 e. The molecule has 1 N–H and O–H groups in total. The Morgan fingerprint density at radius 1 is 1.03 bits per heavy atom. The average Bonchev–Trinajstić information content (AvgIpc) is 2.73. The first-order valence-corrected chi connectivity index (χ1v) is 11.1. The lowest BCUT2D eigenvalue weighted by Crippen LogP contribution is -2.29. The third kappa shape index (κ3) is 5.93. The molecule has 0 saturated carbocycles. The standard InChI is InChI=1S/C28H36O2/c1-19-7-11-24(12-8-19)22(4)9-6-20(2)14-26-17-25(13-10-23(26)5)28-16-21(3)15-27(18-29)30-28/h6-13,17,21,27-29H,14-16,18H2,1-5H3/b20-6+,22-9+. The monoisotopic (exact) mass is 404 g/mol. The van der Waals surface area contributed by atoms with Crippen LogP contribution >= 0.6 is 0 Å². The molecule has 1 heterocycles. The fraction of sp³-hybridized carbons (Fsp3) is 0.429. The van der Waals surface area contributed by atoms with E-state index in [-0.39, 0.29) is 18.8 Å². The van der Waals surface area contributed by atoms with Gasteiger partial charge in [0.2, 0.25) is 0 Å². The molecule has 2 heteroatoms. The molecule has 1 saturated heterocycles. The average molecular weight is 405 g/mol. The molecule has 160 valence electrons. The molecule has 3 atom stereocenters. The summed E-state index contributed by atoms with van der Waals surface area (Å²) in [6, 6.07) is 15.4. The number of allylic oxidation sites excluding steroid dienone is 4. The molecule has 0 aliphatic carbocycles. The molecule has 3 rings (SSSR count). The summed E-state index contributed by atoms with van der Waals surface area (Å²) in [5.41, 5.74) is 9.07. The zero-order valence-electron chi connectivity index (χ0n) is 19.1. The van der Waals surface area contributed by atoms with Crippen LogP contribution in [-0.2, 0) is 11.2 Å². The predicted molar refractivity (Wildman–Crippen MR) is 127 cm³/mol. The summed E-state index contributed by atoms with van der Waals surface area (Å²) in [6.45, 7) is 11.0. The summed E-state index contributed by atoms with van der Waals surface area (Å²) in [5.74, 6) is 0.571. The van der Waals surface area contributed by atoms with Crippen LogP contribution in [0.1, 0.15) is 67.5 Å². The number of ether oxygens (including phenoxy) is 1. The Morgan fingerprint density at radius 2 is 1.77 bits per heavy atom. The minimum absolute atomic E-state index is 0.0416. The van der Waals surface area contributed by atoms with Crippen LogP contribution in [0.25, 0.3) is 5.57 Å². The molecule has 1 aliphatic rings. The molecular formula is C28H36O2.